The van der Waals surface area contributed by atoms with Crippen LogP contribution in [0.25, 0.3) is 0 Å². The van der Waals surface area contributed by atoms with Crippen LogP contribution in [0, 0.1) is 5.92 Å². The summed E-state index contributed by atoms with van der Waals surface area (Å²) in [4.78, 5) is 13.1. The van der Waals surface area contributed by atoms with Gasteiger partial charge in [0, 0.05) is 6.54 Å². The highest BCUT2D eigenvalue weighted by Crippen LogP contribution is 2.30. The standard InChI is InChI=1S/C15H18F3NO2/c1-10-6-7-19(13(8-10)14(20)21)9-11-2-4-12(5-3-11)15(16,17)18/h2-5,10,13H,6-9H2,1H3,(H,20,21). The van der Waals surface area contributed by atoms with E-state index in [1.54, 1.807) is 0 Å². The highest BCUT2D eigenvalue weighted by atomic mass is 19.4. The van der Waals surface area contributed by atoms with E-state index in [9.17, 15) is 23.1 Å². The van der Waals surface area contributed by atoms with Crippen molar-refractivity contribution in [3.05, 3.63) is 35.4 Å². The van der Waals surface area contributed by atoms with Gasteiger partial charge < -0.3 is 5.11 Å². The van der Waals surface area contributed by atoms with Crippen LogP contribution in [0.3, 0.4) is 0 Å². The number of aliphatic carboxylic acids is 1. The number of halogens is 3. The molecule has 0 aliphatic carbocycles. The summed E-state index contributed by atoms with van der Waals surface area (Å²) in [6.45, 7) is 3.03. The van der Waals surface area contributed by atoms with Gasteiger partial charge in [0.2, 0.25) is 0 Å². The number of nitrogens with zero attached hydrogens (tertiary/aromatic N) is 1. The molecule has 1 aliphatic rings. The first kappa shape index (κ1) is 15.8. The third-order valence-corrected chi connectivity index (χ3v) is 3.93. The molecule has 2 atom stereocenters. The second kappa shape index (κ2) is 6.05. The first-order valence-corrected chi connectivity index (χ1v) is 6.90. The first-order chi connectivity index (χ1) is 9.77. The summed E-state index contributed by atoms with van der Waals surface area (Å²) in [5.41, 5.74) is 0.0112. The molecule has 2 rings (SSSR count). The van der Waals surface area contributed by atoms with Crippen LogP contribution in [0.2, 0.25) is 0 Å². The third-order valence-electron chi connectivity index (χ3n) is 3.93. The third kappa shape index (κ3) is 3.97. The fourth-order valence-corrected chi connectivity index (χ4v) is 2.67. The predicted molar refractivity (Wildman–Crippen MR) is 71.7 cm³/mol. The minimum absolute atomic E-state index is 0.356. The molecule has 0 bridgehead atoms. The second-order valence-corrected chi connectivity index (χ2v) is 5.65. The smallest absolute Gasteiger partial charge is 0.416 e. The average Bonchev–Trinajstić information content (AvgIpc) is 2.40. The van der Waals surface area contributed by atoms with Gasteiger partial charge >= 0.3 is 12.1 Å². The molecule has 21 heavy (non-hydrogen) atoms. The molecule has 1 aliphatic heterocycles. The summed E-state index contributed by atoms with van der Waals surface area (Å²) >= 11 is 0. The van der Waals surface area contributed by atoms with Crippen LogP contribution in [-0.2, 0) is 17.5 Å². The van der Waals surface area contributed by atoms with Crippen LogP contribution < -0.4 is 0 Å². The molecule has 0 spiro atoms. The summed E-state index contributed by atoms with van der Waals surface area (Å²) in [7, 11) is 0. The zero-order chi connectivity index (χ0) is 15.6. The SMILES string of the molecule is CC1CCN(Cc2ccc(C(F)(F)F)cc2)C(C(=O)O)C1. The summed E-state index contributed by atoms with van der Waals surface area (Å²) in [5, 5.41) is 9.26. The minimum atomic E-state index is -4.34. The van der Waals surface area contributed by atoms with E-state index in [1.165, 1.54) is 12.1 Å². The van der Waals surface area contributed by atoms with Gasteiger partial charge in [-0.05, 0) is 43.0 Å². The second-order valence-electron chi connectivity index (χ2n) is 5.65. The molecule has 1 N–H and O–H groups in total. The molecule has 3 nitrogen and oxygen atoms in total. The number of carbonyl (C=O) groups is 1. The van der Waals surface area contributed by atoms with E-state index < -0.39 is 23.8 Å². The topological polar surface area (TPSA) is 40.5 Å². The van der Waals surface area contributed by atoms with Crippen LogP contribution in [0.15, 0.2) is 24.3 Å². The van der Waals surface area contributed by atoms with Crippen molar-refractivity contribution in [2.75, 3.05) is 6.54 Å². The quantitative estimate of drug-likeness (QED) is 0.930. The van der Waals surface area contributed by atoms with Gasteiger partial charge in [-0.3, -0.25) is 9.69 Å². The lowest BCUT2D eigenvalue weighted by molar-refractivity contribution is -0.145. The molecule has 0 radical (unpaired) electrons. The highest BCUT2D eigenvalue weighted by Gasteiger charge is 2.32. The fraction of sp³-hybridized carbons (Fsp3) is 0.533. The number of likely N-dealkylation sites (tertiary alicyclic amines) is 1. The van der Waals surface area contributed by atoms with Gasteiger partial charge in [0.05, 0.1) is 5.56 Å². The van der Waals surface area contributed by atoms with E-state index in [1.807, 2.05) is 11.8 Å². The van der Waals surface area contributed by atoms with Crippen molar-refractivity contribution >= 4 is 5.97 Å². The van der Waals surface area contributed by atoms with Crippen LogP contribution in [0.4, 0.5) is 13.2 Å². The van der Waals surface area contributed by atoms with E-state index >= 15 is 0 Å². The Hall–Kier alpha value is -1.56. The van der Waals surface area contributed by atoms with Crippen molar-refractivity contribution in [1.82, 2.24) is 4.90 Å². The average molecular weight is 301 g/mol. The van der Waals surface area contributed by atoms with Crippen molar-refractivity contribution in [1.29, 1.82) is 0 Å². The number of hydrogen-bond donors (Lipinski definition) is 1. The predicted octanol–water partition coefficient (Wildman–Crippen LogP) is 3.39. The zero-order valence-corrected chi connectivity index (χ0v) is 11.7. The lowest BCUT2D eigenvalue weighted by Crippen LogP contribution is -2.46. The summed E-state index contributed by atoms with van der Waals surface area (Å²) in [5.74, 6) is -0.511. The van der Waals surface area contributed by atoms with Gasteiger partial charge in [0.25, 0.3) is 0 Å². The Morgan fingerprint density at radius 3 is 2.48 bits per heavy atom. The Kier molecular flexibility index (Phi) is 4.56. The molecule has 6 heteroatoms. The fourth-order valence-electron chi connectivity index (χ4n) is 2.67. The van der Waals surface area contributed by atoms with Gasteiger partial charge in [-0.15, -0.1) is 0 Å². The number of carboxylic acids is 1. The summed E-state index contributed by atoms with van der Waals surface area (Å²) in [6, 6.07) is 4.35. The van der Waals surface area contributed by atoms with Crippen LogP contribution in [0.1, 0.15) is 30.9 Å². The van der Waals surface area contributed by atoms with Crippen molar-refractivity contribution < 1.29 is 23.1 Å². The normalized spacial score (nSPS) is 24.0. The van der Waals surface area contributed by atoms with Crippen molar-refractivity contribution in [2.45, 2.75) is 38.5 Å². The Balaban J connectivity index is 2.08. The van der Waals surface area contributed by atoms with Gasteiger partial charge in [-0.2, -0.15) is 13.2 Å². The number of hydrogen-bond acceptors (Lipinski definition) is 2. The van der Waals surface area contributed by atoms with E-state index in [0.29, 0.717) is 31.0 Å². The molecule has 2 unspecified atom stereocenters. The molecule has 116 valence electrons. The molecule has 1 heterocycles. The molecule has 1 aromatic carbocycles. The van der Waals surface area contributed by atoms with E-state index in [-0.39, 0.29) is 0 Å². The summed E-state index contributed by atoms with van der Waals surface area (Å²) < 4.78 is 37.5. The summed E-state index contributed by atoms with van der Waals surface area (Å²) in [6.07, 6.45) is -2.86. The molecule has 0 amide bonds. The van der Waals surface area contributed by atoms with Crippen LogP contribution >= 0.6 is 0 Å². The maximum atomic E-state index is 12.5. The largest absolute Gasteiger partial charge is 0.480 e. The number of carboxylic acid groups (broad SMARTS) is 1. The zero-order valence-electron chi connectivity index (χ0n) is 11.7. The number of alkyl halides is 3. The molecular weight excluding hydrogens is 283 g/mol. The maximum Gasteiger partial charge on any atom is 0.416 e. The van der Waals surface area contributed by atoms with Crippen molar-refractivity contribution in [3.63, 3.8) is 0 Å². The Morgan fingerprint density at radius 2 is 1.95 bits per heavy atom. The van der Waals surface area contributed by atoms with Crippen molar-refractivity contribution in [2.24, 2.45) is 5.92 Å². The number of piperidine rings is 1. The maximum absolute atomic E-state index is 12.5. The minimum Gasteiger partial charge on any atom is -0.480 e. The molecule has 1 fully saturated rings. The first-order valence-electron chi connectivity index (χ1n) is 6.90. The molecular formula is C15H18F3NO2. The lowest BCUT2D eigenvalue weighted by atomic mass is 9.92. The van der Waals surface area contributed by atoms with Crippen LogP contribution in [0.5, 0.6) is 0 Å². The van der Waals surface area contributed by atoms with Gasteiger partial charge in [0.1, 0.15) is 6.04 Å². The molecule has 1 aromatic rings. The Morgan fingerprint density at radius 1 is 1.33 bits per heavy atom. The number of rotatable bonds is 3. The monoisotopic (exact) mass is 301 g/mol. The van der Waals surface area contributed by atoms with Gasteiger partial charge in [-0.1, -0.05) is 19.1 Å². The molecule has 0 saturated carbocycles. The van der Waals surface area contributed by atoms with E-state index in [0.717, 1.165) is 18.6 Å². The van der Waals surface area contributed by atoms with E-state index in [4.69, 9.17) is 0 Å². The Labute approximate surface area is 121 Å². The Bertz CT molecular complexity index is 499. The van der Waals surface area contributed by atoms with Crippen molar-refractivity contribution in [3.8, 4) is 0 Å². The highest BCUT2D eigenvalue weighted by molar-refractivity contribution is 5.73. The van der Waals surface area contributed by atoms with Gasteiger partial charge in [-0.25, -0.2) is 0 Å². The van der Waals surface area contributed by atoms with Crippen LogP contribution in [-0.4, -0.2) is 28.6 Å². The lowest BCUT2D eigenvalue weighted by Gasteiger charge is -2.36. The molecule has 1 saturated heterocycles. The van der Waals surface area contributed by atoms with Gasteiger partial charge in [0.15, 0.2) is 0 Å². The molecule has 0 aromatic heterocycles. The van der Waals surface area contributed by atoms with E-state index in [2.05, 4.69) is 0 Å². The number of benzene rings is 1.